The molecular weight excluding hydrogens is 486 g/mol. The van der Waals surface area contributed by atoms with Crippen molar-refractivity contribution in [1.29, 1.82) is 0 Å². The van der Waals surface area contributed by atoms with E-state index in [0.717, 1.165) is 0 Å². The highest BCUT2D eigenvalue weighted by Gasteiger charge is 2.16. The number of hydrogen-bond acceptors (Lipinski definition) is 5. The van der Waals surface area contributed by atoms with Crippen LogP contribution in [0.5, 0.6) is 0 Å². The summed E-state index contributed by atoms with van der Waals surface area (Å²) in [6.07, 6.45) is 1.44. The van der Waals surface area contributed by atoms with Gasteiger partial charge in [-0.05, 0) is 35.4 Å². The Labute approximate surface area is 207 Å². The standard InChI is InChI=1S/C26H20ClN3O4S/c27-20-13-14-23(29-16-20)26(32)30-22-7-3-1-5-19(22)15-24(31)18-11-9-17(10-12-18)21-6-2-4-8-25(21)35(28,33)34/h1-14,16H,15H2,(H,30,32)(H2,28,33,34). The van der Waals surface area contributed by atoms with E-state index in [4.69, 9.17) is 16.7 Å². The van der Waals surface area contributed by atoms with Crippen LogP contribution < -0.4 is 10.5 Å². The SMILES string of the molecule is NS(=O)(=O)c1ccccc1-c1ccc(C(=O)Cc2ccccc2NC(=O)c2ccc(Cl)cn2)cc1. The van der Waals surface area contributed by atoms with Gasteiger partial charge in [0.05, 0.1) is 9.92 Å². The van der Waals surface area contributed by atoms with Gasteiger partial charge in [0.15, 0.2) is 5.78 Å². The lowest BCUT2D eigenvalue weighted by Gasteiger charge is -2.11. The van der Waals surface area contributed by atoms with Gasteiger partial charge in [0, 0.05) is 29.4 Å². The summed E-state index contributed by atoms with van der Waals surface area (Å²) in [5.41, 5.74) is 2.87. The normalized spacial score (nSPS) is 11.1. The zero-order valence-electron chi connectivity index (χ0n) is 18.3. The maximum atomic E-state index is 13.0. The molecular formula is C26H20ClN3O4S. The molecule has 9 heteroatoms. The van der Waals surface area contributed by atoms with Gasteiger partial charge >= 0.3 is 0 Å². The predicted molar refractivity (Wildman–Crippen MR) is 135 cm³/mol. The molecule has 0 aliphatic carbocycles. The Balaban J connectivity index is 1.52. The van der Waals surface area contributed by atoms with Crippen LogP contribution >= 0.6 is 11.6 Å². The number of ketones is 1. The molecule has 3 N–H and O–H groups in total. The lowest BCUT2D eigenvalue weighted by atomic mass is 9.98. The summed E-state index contributed by atoms with van der Waals surface area (Å²) in [7, 11) is -3.90. The van der Waals surface area contributed by atoms with Crippen molar-refractivity contribution in [2.75, 3.05) is 5.32 Å². The molecule has 0 spiro atoms. The molecule has 0 unspecified atom stereocenters. The van der Waals surface area contributed by atoms with Crippen LogP contribution in [-0.2, 0) is 16.4 Å². The van der Waals surface area contributed by atoms with Gasteiger partial charge in [-0.15, -0.1) is 0 Å². The van der Waals surface area contributed by atoms with Crippen LogP contribution in [0.1, 0.15) is 26.4 Å². The Kier molecular flexibility index (Phi) is 7.07. The average molecular weight is 506 g/mol. The van der Waals surface area contributed by atoms with Gasteiger partial charge in [-0.2, -0.15) is 0 Å². The molecule has 4 aromatic rings. The van der Waals surface area contributed by atoms with Crippen LogP contribution in [0.4, 0.5) is 5.69 Å². The molecule has 0 saturated heterocycles. The van der Waals surface area contributed by atoms with E-state index in [1.165, 1.54) is 18.3 Å². The number of halogens is 1. The number of Topliss-reactive ketones (excluding diaryl/α,β-unsaturated/α-hetero) is 1. The quantitative estimate of drug-likeness (QED) is 0.352. The Hall–Kier alpha value is -3.85. The number of para-hydroxylation sites is 1. The van der Waals surface area contributed by atoms with Crippen molar-refractivity contribution in [3.05, 3.63) is 113 Å². The topological polar surface area (TPSA) is 119 Å². The zero-order valence-corrected chi connectivity index (χ0v) is 19.9. The van der Waals surface area contributed by atoms with Gasteiger partial charge in [0.1, 0.15) is 5.69 Å². The van der Waals surface area contributed by atoms with Crippen LogP contribution in [0.25, 0.3) is 11.1 Å². The molecule has 7 nitrogen and oxygen atoms in total. The third kappa shape index (κ3) is 5.81. The number of carbonyl (C=O) groups is 2. The summed E-state index contributed by atoms with van der Waals surface area (Å²) in [6, 6.07) is 23.1. The molecule has 176 valence electrons. The predicted octanol–water partition coefficient (Wildman–Crippen LogP) is 4.73. The lowest BCUT2D eigenvalue weighted by molar-refractivity contribution is 0.0988. The first kappa shape index (κ1) is 24.3. The number of carbonyl (C=O) groups excluding carboxylic acids is 2. The van der Waals surface area contributed by atoms with E-state index < -0.39 is 15.9 Å². The first-order valence-electron chi connectivity index (χ1n) is 10.5. The molecule has 0 saturated carbocycles. The molecule has 3 aromatic carbocycles. The molecule has 4 rings (SSSR count). The fraction of sp³-hybridized carbons (Fsp3) is 0.0385. The number of nitrogens with one attached hydrogen (secondary N) is 1. The van der Waals surface area contributed by atoms with Gasteiger partial charge < -0.3 is 5.32 Å². The Morgan fingerprint density at radius 2 is 1.57 bits per heavy atom. The minimum Gasteiger partial charge on any atom is -0.320 e. The molecule has 0 bridgehead atoms. The summed E-state index contributed by atoms with van der Waals surface area (Å²) in [6.45, 7) is 0. The summed E-state index contributed by atoms with van der Waals surface area (Å²) < 4.78 is 23.8. The number of nitrogens with two attached hydrogens (primary N) is 1. The molecule has 0 aliphatic rings. The Bertz CT molecular complexity index is 1500. The van der Waals surface area contributed by atoms with Crippen molar-refractivity contribution in [2.24, 2.45) is 5.14 Å². The van der Waals surface area contributed by atoms with Crippen molar-refractivity contribution in [3.63, 3.8) is 0 Å². The van der Waals surface area contributed by atoms with Crippen LogP contribution in [0, 0.1) is 0 Å². The number of anilines is 1. The highest BCUT2D eigenvalue weighted by atomic mass is 35.5. The number of hydrogen-bond donors (Lipinski definition) is 2. The number of sulfonamides is 1. The summed E-state index contributed by atoms with van der Waals surface area (Å²) in [5, 5.41) is 8.54. The average Bonchev–Trinajstić information content (AvgIpc) is 2.85. The highest BCUT2D eigenvalue weighted by molar-refractivity contribution is 7.89. The van der Waals surface area contributed by atoms with Gasteiger partial charge in [0.2, 0.25) is 10.0 Å². The smallest absolute Gasteiger partial charge is 0.274 e. The molecule has 35 heavy (non-hydrogen) atoms. The summed E-state index contributed by atoms with van der Waals surface area (Å²) in [4.78, 5) is 29.6. The minimum absolute atomic E-state index is 0.0129. The second kappa shape index (κ2) is 10.2. The molecule has 0 fully saturated rings. The van der Waals surface area contributed by atoms with Gasteiger partial charge in [-0.25, -0.2) is 18.5 Å². The van der Waals surface area contributed by atoms with Crippen molar-refractivity contribution in [1.82, 2.24) is 4.98 Å². The number of pyridine rings is 1. The second-order valence-corrected chi connectivity index (χ2v) is 9.66. The molecule has 1 amide bonds. The first-order chi connectivity index (χ1) is 16.7. The van der Waals surface area contributed by atoms with Crippen molar-refractivity contribution < 1.29 is 18.0 Å². The second-order valence-electron chi connectivity index (χ2n) is 7.69. The fourth-order valence-corrected chi connectivity index (χ4v) is 4.43. The maximum absolute atomic E-state index is 13.0. The van der Waals surface area contributed by atoms with Crippen LogP contribution in [0.3, 0.4) is 0 Å². The maximum Gasteiger partial charge on any atom is 0.274 e. The zero-order chi connectivity index (χ0) is 25.0. The van der Waals surface area contributed by atoms with E-state index in [0.29, 0.717) is 33.0 Å². The molecule has 0 aliphatic heterocycles. The van der Waals surface area contributed by atoms with Gasteiger partial charge in [-0.3, -0.25) is 9.59 Å². The number of amides is 1. The molecule has 0 radical (unpaired) electrons. The van der Waals surface area contributed by atoms with Crippen molar-refractivity contribution in [3.8, 4) is 11.1 Å². The van der Waals surface area contributed by atoms with E-state index in [9.17, 15) is 18.0 Å². The lowest BCUT2D eigenvalue weighted by Crippen LogP contribution is -2.15. The number of benzene rings is 3. The van der Waals surface area contributed by atoms with E-state index in [-0.39, 0.29) is 22.8 Å². The molecule has 0 atom stereocenters. The number of nitrogens with zero attached hydrogens (tertiary/aromatic N) is 1. The largest absolute Gasteiger partial charge is 0.320 e. The third-order valence-corrected chi connectivity index (χ3v) is 6.48. The van der Waals surface area contributed by atoms with Crippen LogP contribution in [-0.4, -0.2) is 25.1 Å². The number of primary sulfonamides is 1. The minimum atomic E-state index is -3.90. The monoisotopic (exact) mass is 505 g/mol. The van der Waals surface area contributed by atoms with Crippen LogP contribution in [0.2, 0.25) is 5.02 Å². The summed E-state index contributed by atoms with van der Waals surface area (Å²) >= 11 is 5.83. The van der Waals surface area contributed by atoms with Gasteiger partial charge in [-0.1, -0.05) is 72.3 Å². The summed E-state index contributed by atoms with van der Waals surface area (Å²) in [5.74, 6) is -0.581. The van der Waals surface area contributed by atoms with Gasteiger partial charge in [0.25, 0.3) is 5.91 Å². The van der Waals surface area contributed by atoms with Crippen molar-refractivity contribution in [2.45, 2.75) is 11.3 Å². The van der Waals surface area contributed by atoms with E-state index in [1.807, 2.05) is 0 Å². The highest BCUT2D eigenvalue weighted by Crippen LogP contribution is 2.27. The first-order valence-corrected chi connectivity index (χ1v) is 12.4. The Morgan fingerprint density at radius 1 is 0.886 bits per heavy atom. The van der Waals surface area contributed by atoms with E-state index in [2.05, 4.69) is 10.3 Å². The van der Waals surface area contributed by atoms with E-state index >= 15 is 0 Å². The fourth-order valence-electron chi connectivity index (χ4n) is 3.56. The molecule has 1 heterocycles. The third-order valence-electron chi connectivity index (χ3n) is 5.29. The number of rotatable bonds is 7. The molecule has 1 aromatic heterocycles. The Morgan fingerprint density at radius 3 is 2.26 bits per heavy atom. The van der Waals surface area contributed by atoms with Crippen molar-refractivity contribution >= 4 is 39.0 Å². The van der Waals surface area contributed by atoms with Crippen LogP contribution in [0.15, 0.2) is 96.0 Å². The van der Waals surface area contributed by atoms with E-state index in [1.54, 1.807) is 72.8 Å². The number of aromatic nitrogens is 1.